The lowest BCUT2D eigenvalue weighted by atomic mass is 10.1. The zero-order chi connectivity index (χ0) is 12.2. The molecule has 0 bridgehead atoms. The van der Waals surface area contributed by atoms with Gasteiger partial charge in [0.1, 0.15) is 0 Å². The van der Waals surface area contributed by atoms with E-state index in [9.17, 15) is 0 Å². The van der Waals surface area contributed by atoms with E-state index in [0.29, 0.717) is 0 Å². The highest BCUT2D eigenvalue weighted by Crippen LogP contribution is 2.22. The molecule has 1 saturated heterocycles. The van der Waals surface area contributed by atoms with Crippen LogP contribution in [0.25, 0.3) is 10.8 Å². The Balaban J connectivity index is 1.74. The van der Waals surface area contributed by atoms with Crippen molar-refractivity contribution in [1.82, 2.24) is 5.32 Å². The van der Waals surface area contributed by atoms with E-state index in [2.05, 4.69) is 53.1 Å². The maximum absolute atomic E-state index is 5.69. The molecule has 0 spiro atoms. The molecule has 94 valence electrons. The van der Waals surface area contributed by atoms with Gasteiger partial charge in [-0.2, -0.15) is 0 Å². The monoisotopic (exact) mass is 242 g/mol. The number of rotatable bonds is 3. The van der Waals surface area contributed by atoms with Crippen LogP contribution in [0.4, 0.5) is 5.69 Å². The summed E-state index contributed by atoms with van der Waals surface area (Å²) in [4.78, 5) is 0. The largest absolute Gasteiger partial charge is 0.382 e. The molecule has 2 aromatic rings. The van der Waals surface area contributed by atoms with Gasteiger partial charge < -0.3 is 15.4 Å². The molecule has 2 N–H and O–H groups in total. The average molecular weight is 242 g/mol. The van der Waals surface area contributed by atoms with E-state index >= 15 is 0 Å². The second-order valence-corrected chi connectivity index (χ2v) is 4.60. The first-order valence-corrected chi connectivity index (χ1v) is 6.47. The molecular formula is C15H18N2O. The second-order valence-electron chi connectivity index (χ2n) is 4.60. The van der Waals surface area contributed by atoms with Gasteiger partial charge in [-0.1, -0.05) is 36.4 Å². The highest BCUT2D eigenvalue weighted by molar-refractivity contribution is 5.93. The minimum absolute atomic E-state index is 0.262. The zero-order valence-corrected chi connectivity index (χ0v) is 10.4. The zero-order valence-electron chi connectivity index (χ0n) is 10.4. The van der Waals surface area contributed by atoms with Gasteiger partial charge in [0.2, 0.25) is 0 Å². The van der Waals surface area contributed by atoms with Crippen molar-refractivity contribution in [1.29, 1.82) is 0 Å². The first-order valence-electron chi connectivity index (χ1n) is 6.47. The van der Waals surface area contributed by atoms with Gasteiger partial charge in [-0.15, -0.1) is 0 Å². The molecule has 0 aliphatic carbocycles. The van der Waals surface area contributed by atoms with E-state index in [1.54, 1.807) is 0 Å². The molecule has 1 aliphatic rings. The Morgan fingerprint density at radius 2 is 2.06 bits per heavy atom. The van der Waals surface area contributed by atoms with Crippen LogP contribution in [0, 0.1) is 0 Å². The van der Waals surface area contributed by atoms with E-state index in [1.165, 1.54) is 16.5 Å². The molecule has 1 unspecified atom stereocenters. The Hall–Kier alpha value is -1.58. The van der Waals surface area contributed by atoms with Crippen molar-refractivity contribution >= 4 is 16.5 Å². The van der Waals surface area contributed by atoms with Crippen molar-refractivity contribution in [2.45, 2.75) is 6.10 Å². The molecule has 1 heterocycles. The maximum Gasteiger partial charge on any atom is 0.0872 e. The predicted molar refractivity (Wildman–Crippen MR) is 75.0 cm³/mol. The lowest BCUT2D eigenvalue weighted by Gasteiger charge is -2.24. The number of ether oxygens (including phenoxy) is 1. The molecule has 3 rings (SSSR count). The van der Waals surface area contributed by atoms with Crippen LogP contribution in [0.5, 0.6) is 0 Å². The molecule has 2 aromatic carbocycles. The Morgan fingerprint density at radius 3 is 2.94 bits per heavy atom. The lowest BCUT2D eigenvalue weighted by Crippen LogP contribution is -2.42. The van der Waals surface area contributed by atoms with Gasteiger partial charge in [0, 0.05) is 30.7 Å². The van der Waals surface area contributed by atoms with E-state index in [1.807, 2.05) is 0 Å². The topological polar surface area (TPSA) is 33.3 Å². The van der Waals surface area contributed by atoms with Gasteiger partial charge in [-0.25, -0.2) is 0 Å². The van der Waals surface area contributed by atoms with Gasteiger partial charge in [0.15, 0.2) is 0 Å². The lowest BCUT2D eigenvalue weighted by molar-refractivity contribution is 0.0372. The summed E-state index contributed by atoms with van der Waals surface area (Å²) in [6, 6.07) is 14.8. The van der Waals surface area contributed by atoms with Gasteiger partial charge in [0.05, 0.1) is 12.7 Å². The minimum Gasteiger partial charge on any atom is -0.382 e. The third kappa shape index (κ3) is 2.47. The standard InChI is InChI=1S/C15H18N2O/c1-2-6-14-12(4-1)5-3-7-15(14)17-11-13-10-16-8-9-18-13/h1-7,13,16-17H,8-11H2. The molecule has 0 amide bonds. The quantitative estimate of drug-likeness (QED) is 0.866. The van der Waals surface area contributed by atoms with Crippen molar-refractivity contribution in [3.8, 4) is 0 Å². The molecule has 0 radical (unpaired) electrons. The summed E-state index contributed by atoms with van der Waals surface area (Å²) < 4.78 is 5.69. The van der Waals surface area contributed by atoms with Gasteiger partial charge in [0.25, 0.3) is 0 Å². The molecular weight excluding hydrogens is 224 g/mol. The summed E-state index contributed by atoms with van der Waals surface area (Å²) in [5.74, 6) is 0. The molecule has 3 heteroatoms. The van der Waals surface area contributed by atoms with Crippen molar-refractivity contribution in [3.63, 3.8) is 0 Å². The molecule has 1 fully saturated rings. The minimum atomic E-state index is 0.262. The van der Waals surface area contributed by atoms with Crippen molar-refractivity contribution in [3.05, 3.63) is 42.5 Å². The summed E-state index contributed by atoms with van der Waals surface area (Å²) in [5.41, 5.74) is 1.18. The second kappa shape index (κ2) is 5.38. The highest BCUT2D eigenvalue weighted by atomic mass is 16.5. The van der Waals surface area contributed by atoms with E-state index in [4.69, 9.17) is 4.74 Å². The first-order chi connectivity index (χ1) is 8.93. The SMILES string of the molecule is c1ccc2c(NCC3CNCCO3)cccc2c1. The Morgan fingerprint density at radius 1 is 1.17 bits per heavy atom. The molecule has 1 aliphatic heterocycles. The molecule has 0 aromatic heterocycles. The van der Waals surface area contributed by atoms with E-state index in [-0.39, 0.29) is 6.10 Å². The normalized spacial score (nSPS) is 19.9. The van der Waals surface area contributed by atoms with Gasteiger partial charge in [-0.3, -0.25) is 0 Å². The third-order valence-corrected chi connectivity index (χ3v) is 3.31. The van der Waals surface area contributed by atoms with Crippen molar-refractivity contribution in [2.75, 3.05) is 31.6 Å². The van der Waals surface area contributed by atoms with E-state index in [0.717, 1.165) is 26.2 Å². The van der Waals surface area contributed by atoms with E-state index < -0.39 is 0 Å². The number of morpholine rings is 1. The summed E-state index contributed by atoms with van der Waals surface area (Å²) >= 11 is 0. The predicted octanol–water partition coefficient (Wildman–Crippen LogP) is 2.24. The Labute approximate surface area is 107 Å². The number of anilines is 1. The highest BCUT2D eigenvalue weighted by Gasteiger charge is 2.12. The summed E-state index contributed by atoms with van der Waals surface area (Å²) in [6.07, 6.45) is 0.262. The average Bonchev–Trinajstić information content (AvgIpc) is 2.46. The fourth-order valence-corrected chi connectivity index (χ4v) is 2.35. The van der Waals surface area contributed by atoms with Crippen LogP contribution in [0.2, 0.25) is 0 Å². The Bertz CT molecular complexity index is 515. The number of hydrogen-bond acceptors (Lipinski definition) is 3. The molecule has 1 atom stereocenters. The number of benzene rings is 2. The van der Waals surface area contributed by atoms with Crippen LogP contribution in [-0.4, -0.2) is 32.3 Å². The molecule has 3 nitrogen and oxygen atoms in total. The number of nitrogens with one attached hydrogen (secondary N) is 2. The van der Waals surface area contributed by atoms with Crippen LogP contribution >= 0.6 is 0 Å². The van der Waals surface area contributed by atoms with Crippen LogP contribution in [-0.2, 0) is 4.74 Å². The number of hydrogen-bond donors (Lipinski definition) is 2. The van der Waals surface area contributed by atoms with Crippen molar-refractivity contribution < 1.29 is 4.74 Å². The fourth-order valence-electron chi connectivity index (χ4n) is 2.35. The summed E-state index contributed by atoms with van der Waals surface area (Å²) in [7, 11) is 0. The Kier molecular flexibility index (Phi) is 3.44. The number of fused-ring (bicyclic) bond motifs is 1. The summed E-state index contributed by atoms with van der Waals surface area (Å²) in [6.45, 7) is 3.55. The fraction of sp³-hybridized carbons (Fsp3) is 0.333. The van der Waals surface area contributed by atoms with Crippen LogP contribution in [0.3, 0.4) is 0 Å². The van der Waals surface area contributed by atoms with Gasteiger partial charge >= 0.3 is 0 Å². The smallest absolute Gasteiger partial charge is 0.0872 e. The summed E-state index contributed by atoms with van der Waals surface area (Å²) in [5, 5.41) is 9.37. The van der Waals surface area contributed by atoms with Crippen LogP contribution in [0.1, 0.15) is 0 Å². The molecule has 0 saturated carbocycles. The maximum atomic E-state index is 5.69. The van der Waals surface area contributed by atoms with Gasteiger partial charge in [-0.05, 0) is 11.5 Å². The third-order valence-electron chi connectivity index (χ3n) is 3.31. The van der Waals surface area contributed by atoms with Crippen molar-refractivity contribution in [2.24, 2.45) is 0 Å². The molecule has 18 heavy (non-hydrogen) atoms. The first kappa shape index (κ1) is 11.5. The van der Waals surface area contributed by atoms with Crippen LogP contribution < -0.4 is 10.6 Å². The van der Waals surface area contributed by atoms with Crippen LogP contribution in [0.15, 0.2) is 42.5 Å².